The summed E-state index contributed by atoms with van der Waals surface area (Å²) in [4.78, 5) is 73.3. The van der Waals surface area contributed by atoms with E-state index in [1.807, 2.05) is 0 Å². The molecule has 0 fully saturated rings. The van der Waals surface area contributed by atoms with Gasteiger partial charge in [0.1, 0.15) is 19.3 Å². The van der Waals surface area contributed by atoms with Crippen molar-refractivity contribution < 1.29 is 80.2 Å². The molecule has 0 saturated carbocycles. The first-order valence-corrected chi connectivity index (χ1v) is 47.3. The quantitative estimate of drug-likeness (QED) is 0.0222. The van der Waals surface area contributed by atoms with Crippen LogP contribution < -0.4 is 0 Å². The molecule has 17 nitrogen and oxygen atoms in total. The van der Waals surface area contributed by atoms with Crippen LogP contribution in [-0.4, -0.2) is 96.7 Å². The van der Waals surface area contributed by atoms with Crippen molar-refractivity contribution in [2.45, 2.75) is 483 Å². The lowest BCUT2D eigenvalue weighted by Gasteiger charge is -2.21. The van der Waals surface area contributed by atoms with Crippen molar-refractivity contribution in [3.63, 3.8) is 0 Å². The molecule has 0 rings (SSSR count). The van der Waals surface area contributed by atoms with Crippen molar-refractivity contribution in [2.75, 3.05) is 39.6 Å². The van der Waals surface area contributed by atoms with Crippen LogP contribution in [0.25, 0.3) is 0 Å². The predicted octanol–water partition coefficient (Wildman–Crippen LogP) is 26.1. The number of carbonyl (C=O) groups excluding carboxylic acids is 4. The normalized spacial score (nSPS) is 13.7. The largest absolute Gasteiger partial charge is 0.472 e. The minimum absolute atomic E-state index is 0.109. The van der Waals surface area contributed by atoms with Crippen molar-refractivity contribution in [1.29, 1.82) is 0 Å². The van der Waals surface area contributed by atoms with Crippen molar-refractivity contribution in [2.24, 2.45) is 0 Å². The van der Waals surface area contributed by atoms with Crippen molar-refractivity contribution in [1.82, 2.24) is 0 Å². The van der Waals surface area contributed by atoms with Crippen molar-refractivity contribution in [3.8, 4) is 0 Å². The zero-order valence-electron chi connectivity index (χ0n) is 68.0. The highest BCUT2D eigenvalue weighted by Gasteiger charge is 2.30. The van der Waals surface area contributed by atoms with Crippen molar-refractivity contribution in [3.05, 3.63) is 0 Å². The van der Waals surface area contributed by atoms with Gasteiger partial charge in [0, 0.05) is 25.7 Å². The Hall–Kier alpha value is -1.94. The summed E-state index contributed by atoms with van der Waals surface area (Å²) in [6.45, 7) is 5.07. The maximum absolute atomic E-state index is 13.1. The van der Waals surface area contributed by atoms with Gasteiger partial charge in [-0.05, 0) is 25.7 Å². The predicted molar refractivity (Wildman–Crippen MR) is 428 cm³/mol. The molecule has 0 heterocycles. The highest BCUT2D eigenvalue weighted by molar-refractivity contribution is 7.47. The van der Waals surface area contributed by atoms with E-state index in [1.165, 1.54) is 295 Å². The zero-order valence-corrected chi connectivity index (χ0v) is 69.8. The van der Waals surface area contributed by atoms with Crippen LogP contribution in [0.5, 0.6) is 0 Å². The molecule has 2 unspecified atom stereocenters. The maximum Gasteiger partial charge on any atom is 0.472 e. The van der Waals surface area contributed by atoms with Crippen LogP contribution in [0.4, 0.5) is 0 Å². The Morgan fingerprint density at radius 1 is 0.231 bits per heavy atom. The molecule has 0 aliphatic carbocycles. The van der Waals surface area contributed by atoms with Gasteiger partial charge in [0.25, 0.3) is 0 Å². The molecule has 0 bridgehead atoms. The molecule has 0 amide bonds. The summed E-state index contributed by atoms with van der Waals surface area (Å²) in [6.07, 6.45) is 73.4. The minimum Gasteiger partial charge on any atom is -0.462 e. The van der Waals surface area contributed by atoms with E-state index in [1.54, 1.807) is 0 Å². The molecule has 19 heteroatoms. The third kappa shape index (κ3) is 78.2. The van der Waals surface area contributed by atoms with E-state index in [-0.39, 0.29) is 25.7 Å². The number of phosphoric acid groups is 2. The second kappa shape index (κ2) is 79.2. The Bertz CT molecular complexity index is 1830. The number of rotatable bonds is 86. The molecule has 104 heavy (non-hydrogen) atoms. The lowest BCUT2D eigenvalue weighted by Crippen LogP contribution is -2.30. The topological polar surface area (TPSA) is 237 Å². The minimum atomic E-state index is -4.96. The number of phosphoric ester groups is 2. The number of hydrogen-bond donors (Lipinski definition) is 3. The van der Waals surface area contributed by atoms with Crippen LogP contribution >= 0.6 is 15.6 Å². The van der Waals surface area contributed by atoms with Crippen LogP contribution in [0.1, 0.15) is 464 Å². The third-order valence-corrected chi connectivity index (χ3v) is 22.0. The van der Waals surface area contributed by atoms with Gasteiger partial charge in [-0.3, -0.25) is 37.3 Å². The van der Waals surface area contributed by atoms with Gasteiger partial charge in [-0.2, -0.15) is 0 Å². The van der Waals surface area contributed by atoms with Crippen LogP contribution in [-0.2, 0) is 65.4 Å². The standard InChI is InChI=1S/C85H166O17P2/c1-5-9-13-17-21-25-29-33-37-39-43-45-49-53-57-61-65-69-82(87)95-75-80(101-84(89)71-67-63-59-55-51-47-41-35-31-27-23-19-15-11-7-3)77-99-103(91,92)97-73-79(86)74-98-104(93,94)100-78-81(102-85(90)72-68-64-60-56-52-48-42-36-32-28-24-20-16-12-8-4)76-96-83(88)70-66-62-58-54-50-46-44-40-38-34-30-26-22-18-14-10-6-2/h79-81,86H,5-78H2,1-4H3,(H,91,92)(H,93,94)/t80-,81-/m1/s1. The number of esters is 4. The molecule has 4 atom stereocenters. The van der Waals surface area contributed by atoms with E-state index in [4.69, 9.17) is 37.0 Å². The fraction of sp³-hybridized carbons (Fsp3) is 0.953. The van der Waals surface area contributed by atoms with E-state index in [0.29, 0.717) is 25.7 Å². The van der Waals surface area contributed by atoms with Gasteiger partial charge >= 0.3 is 39.5 Å². The monoisotopic (exact) mass is 1520 g/mol. The molecule has 0 aromatic carbocycles. The molecular weight excluding hydrogens is 1350 g/mol. The Labute approximate surface area is 638 Å². The summed E-state index contributed by atoms with van der Waals surface area (Å²) in [5.74, 6) is -2.09. The number of unbranched alkanes of at least 4 members (excludes halogenated alkanes) is 60. The van der Waals surface area contributed by atoms with Crippen LogP contribution in [0.2, 0.25) is 0 Å². The Morgan fingerprint density at radius 2 is 0.385 bits per heavy atom. The van der Waals surface area contributed by atoms with Crippen molar-refractivity contribution >= 4 is 39.5 Å². The summed E-state index contributed by atoms with van der Waals surface area (Å²) < 4.78 is 68.9. The SMILES string of the molecule is CCCCCCCCCCCCCCCCCCCC(=O)OC[C@H](COP(=O)(O)OCC(O)COP(=O)(O)OC[C@@H](COC(=O)CCCCCCCCCCCCCCCCCCC)OC(=O)CCCCCCCCCCCCCCCCC)OC(=O)CCCCCCCCCCCCCCCCC. The maximum atomic E-state index is 13.1. The number of aliphatic hydroxyl groups is 1. The van der Waals surface area contributed by atoms with E-state index < -0.39 is 97.5 Å². The highest BCUT2D eigenvalue weighted by atomic mass is 31.2. The fourth-order valence-electron chi connectivity index (χ4n) is 13.3. The molecule has 3 N–H and O–H groups in total. The average Bonchev–Trinajstić information content (AvgIpc) is 0.937. The van der Waals surface area contributed by atoms with Gasteiger partial charge in [-0.25, -0.2) is 9.13 Å². The summed E-state index contributed by atoms with van der Waals surface area (Å²) in [5, 5.41) is 10.7. The van der Waals surface area contributed by atoms with E-state index >= 15 is 0 Å². The number of carbonyl (C=O) groups is 4. The lowest BCUT2D eigenvalue weighted by atomic mass is 10.0. The fourth-order valence-corrected chi connectivity index (χ4v) is 14.9. The second-order valence-corrected chi connectivity index (χ2v) is 33.5. The van der Waals surface area contributed by atoms with Crippen LogP contribution in [0, 0.1) is 0 Å². The molecular formula is C85H166O17P2. The molecule has 0 spiro atoms. The average molecular weight is 1520 g/mol. The van der Waals surface area contributed by atoms with Gasteiger partial charge in [-0.1, -0.05) is 413 Å². The molecule has 618 valence electrons. The van der Waals surface area contributed by atoms with Gasteiger partial charge in [-0.15, -0.1) is 0 Å². The van der Waals surface area contributed by atoms with Gasteiger partial charge in [0.15, 0.2) is 12.2 Å². The lowest BCUT2D eigenvalue weighted by molar-refractivity contribution is -0.161. The van der Waals surface area contributed by atoms with E-state index in [2.05, 4.69) is 27.7 Å². The number of aliphatic hydroxyl groups excluding tert-OH is 1. The second-order valence-electron chi connectivity index (χ2n) is 30.6. The Morgan fingerprint density at radius 3 is 0.567 bits per heavy atom. The van der Waals surface area contributed by atoms with Gasteiger partial charge in [0.05, 0.1) is 26.4 Å². The van der Waals surface area contributed by atoms with Gasteiger partial charge < -0.3 is 33.8 Å². The third-order valence-electron chi connectivity index (χ3n) is 20.1. The van der Waals surface area contributed by atoms with Gasteiger partial charge in [0.2, 0.25) is 0 Å². The van der Waals surface area contributed by atoms with E-state index in [0.717, 1.165) is 89.9 Å². The molecule has 0 radical (unpaired) electrons. The number of ether oxygens (including phenoxy) is 4. The van der Waals surface area contributed by atoms with E-state index in [9.17, 15) is 43.2 Å². The Balaban J connectivity index is 5.26. The molecule has 0 aliphatic rings. The Kier molecular flexibility index (Phi) is 77.7. The zero-order chi connectivity index (χ0) is 76.0. The van der Waals surface area contributed by atoms with Crippen LogP contribution in [0.15, 0.2) is 0 Å². The molecule has 0 aliphatic heterocycles. The summed E-state index contributed by atoms with van der Waals surface area (Å²) in [6, 6.07) is 0. The smallest absolute Gasteiger partial charge is 0.462 e. The number of hydrogen-bond acceptors (Lipinski definition) is 15. The van der Waals surface area contributed by atoms with Crippen LogP contribution in [0.3, 0.4) is 0 Å². The first kappa shape index (κ1) is 102. The summed E-state index contributed by atoms with van der Waals surface area (Å²) in [5.41, 5.74) is 0. The summed E-state index contributed by atoms with van der Waals surface area (Å²) >= 11 is 0. The first-order valence-electron chi connectivity index (χ1n) is 44.3. The molecule has 0 saturated heterocycles. The summed E-state index contributed by atoms with van der Waals surface area (Å²) in [7, 11) is -9.93. The molecule has 0 aromatic heterocycles. The first-order chi connectivity index (χ1) is 50.7. The highest BCUT2D eigenvalue weighted by Crippen LogP contribution is 2.45. The molecule has 0 aromatic rings.